The zero-order valence-corrected chi connectivity index (χ0v) is 20.0. The van der Waals surface area contributed by atoms with Gasteiger partial charge in [0.15, 0.2) is 0 Å². The van der Waals surface area contributed by atoms with Gasteiger partial charge in [-0.1, -0.05) is 45.8 Å². The molecule has 1 N–H and O–H groups in total. The molecule has 0 spiro atoms. The van der Waals surface area contributed by atoms with Crippen molar-refractivity contribution < 1.29 is 13.9 Å². The number of furan rings is 1. The molecule has 0 atom stereocenters. The van der Waals surface area contributed by atoms with Crippen LogP contribution in [0, 0.1) is 13.8 Å². The Kier molecular flexibility index (Phi) is 6.19. The summed E-state index contributed by atoms with van der Waals surface area (Å²) in [6.07, 6.45) is 3.35. The highest BCUT2D eigenvalue weighted by molar-refractivity contribution is 9.10. The summed E-state index contributed by atoms with van der Waals surface area (Å²) in [5.41, 5.74) is 7.39. The third-order valence-electron chi connectivity index (χ3n) is 5.44. The molecule has 4 aromatic rings. The molecule has 0 unspecified atom stereocenters. The zero-order chi connectivity index (χ0) is 22.8. The summed E-state index contributed by atoms with van der Waals surface area (Å²) in [7, 11) is 1.62. The van der Waals surface area contributed by atoms with Crippen LogP contribution in [0.4, 0.5) is 5.69 Å². The van der Waals surface area contributed by atoms with Crippen LogP contribution in [-0.2, 0) is 4.79 Å². The monoisotopic (exact) mass is 489 g/mol. The Morgan fingerprint density at radius 3 is 2.62 bits per heavy atom. The first-order valence-corrected chi connectivity index (χ1v) is 11.1. The van der Waals surface area contributed by atoms with Crippen molar-refractivity contribution in [2.75, 3.05) is 12.4 Å². The number of hydrogen-bond acceptors (Lipinski definition) is 3. The van der Waals surface area contributed by atoms with E-state index in [2.05, 4.69) is 21.2 Å². The molecule has 0 radical (unpaired) electrons. The van der Waals surface area contributed by atoms with Crippen LogP contribution in [0.5, 0.6) is 5.75 Å². The van der Waals surface area contributed by atoms with Crippen LogP contribution in [0.3, 0.4) is 0 Å². The van der Waals surface area contributed by atoms with E-state index >= 15 is 0 Å². The van der Waals surface area contributed by atoms with Crippen molar-refractivity contribution in [1.82, 2.24) is 0 Å². The van der Waals surface area contributed by atoms with Gasteiger partial charge in [0.1, 0.15) is 11.3 Å². The van der Waals surface area contributed by atoms with Crippen molar-refractivity contribution in [3.63, 3.8) is 0 Å². The number of carbonyl (C=O) groups is 1. The highest BCUT2D eigenvalue weighted by Crippen LogP contribution is 2.38. The summed E-state index contributed by atoms with van der Waals surface area (Å²) in [5.74, 6) is 0.469. The minimum Gasteiger partial charge on any atom is -0.496 e. The summed E-state index contributed by atoms with van der Waals surface area (Å²) in [5, 5.41) is 3.93. The molecule has 1 aromatic heterocycles. The number of hydrogen-bond donors (Lipinski definition) is 1. The van der Waals surface area contributed by atoms with E-state index in [4.69, 9.17) is 9.15 Å². The van der Waals surface area contributed by atoms with Crippen molar-refractivity contribution in [3.05, 3.63) is 88.1 Å². The number of amides is 1. The molecular formula is C27H24BrNO3. The van der Waals surface area contributed by atoms with Gasteiger partial charge in [-0.05, 0) is 61.7 Å². The van der Waals surface area contributed by atoms with Gasteiger partial charge < -0.3 is 14.5 Å². The lowest BCUT2D eigenvalue weighted by Crippen LogP contribution is -2.10. The summed E-state index contributed by atoms with van der Waals surface area (Å²) in [6, 6.07) is 17.9. The Bertz CT molecular complexity index is 1350. The van der Waals surface area contributed by atoms with E-state index in [1.807, 2.05) is 75.4 Å². The Morgan fingerprint density at radius 2 is 1.91 bits per heavy atom. The fourth-order valence-corrected chi connectivity index (χ4v) is 4.21. The molecule has 0 aliphatic heterocycles. The Morgan fingerprint density at radius 1 is 1.09 bits per heavy atom. The summed E-state index contributed by atoms with van der Waals surface area (Å²) >= 11 is 3.53. The van der Waals surface area contributed by atoms with Crippen LogP contribution in [0.1, 0.15) is 23.6 Å². The number of allylic oxidation sites excluding steroid dienone is 1. The van der Waals surface area contributed by atoms with E-state index < -0.39 is 0 Å². The highest BCUT2D eigenvalue weighted by atomic mass is 79.9. The number of aryl methyl sites for hydroxylation is 2. The average Bonchev–Trinajstić information content (AvgIpc) is 3.17. The number of methoxy groups -OCH3 is 1. The topological polar surface area (TPSA) is 51.5 Å². The number of halogens is 1. The van der Waals surface area contributed by atoms with Gasteiger partial charge in [0.25, 0.3) is 0 Å². The second-order valence-corrected chi connectivity index (χ2v) is 8.76. The summed E-state index contributed by atoms with van der Waals surface area (Å²) in [6.45, 7) is 5.92. The molecule has 0 bridgehead atoms. The number of nitrogens with one attached hydrogen (secondary N) is 1. The number of benzene rings is 3. The van der Waals surface area contributed by atoms with E-state index in [1.165, 1.54) is 0 Å². The van der Waals surface area contributed by atoms with Crippen LogP contribution in [-0.4, -0.2) is 13.0 Å². The number of rotatable bonds is 5. The first kappa shape index (κ1) is 21.9. The predicted octanol–water partition coefficient (Wildman–Crippen LogP) is 7.53. The Balaban J connectivity index is 1.71. The van der Waals surface area contributed by atoms with Crippen LogP contribution in [0.25, 0.3) is 27.7 Å². The quantitative estimate of drug-likeness (QED) is 0.294. The number of carbonyl (C=O) groups excluding carboxylic acids is 1. The first-order valence-electron chi connectivity index (χ1n) is 10.3. The number of anilines is 1. The molecule has 1 amide bonds. The van der Waals surface area contributed by atoms with Crippen molar-refractivity contribution in [3.8, 4) is 16.9 Å². The first-order chi connectivity index (χ1) is 15.4. The van der Waals surface area contributed by atoms with Crippen molar-refractivity contribution in [2.45, 2.75) is 20.8 Å². The second kappa shape index (κ2) is 9.05. The van der Waals surface area contributed by atoms with Gasteiger partial charge in [0, 0.05) is 38.8 Å². The molecule has 5 heteroatoms. The van der Waals surface area contributed by atoms with E-state index in [0.717, 1.165) is 54.5 Å². The Labute approximate surface area is 196 Å². The standard InChI is InChI=1S/C27H24BrNO3/c1-16-8-9-24(18(3)10-16)29-27(30)11-17(2)21-13-22-23(19-6-5-7-20(28)12-19)15-32-26(22)14-25(21)31-4/h5-15H,1-4H3,(H,29,30)/b17-11+. The molecule has 32 heavy (non-hydrogen) atoms. The molecule has 0 saturated carbocycles. The maximum absolute atomic E-state index is 12.7. The normalized spacial score (nSPS) is 11.6. The predicted molar refractivity (Wildman–Crippen MR) is 134 cm³/mol. The third-order valence-corrected chi connectivity index (χ3v) is 5.94. The van der Waals surface area contributed by atoms with Crippen LogP contribution in [0.2, 0.25) is 0 Å². The Hall–Kier alpha value is -3.31. The van der Waals surface area contributed by atoms with Gasteiger partial charge in [-0.3, -0.25) is 4.79 Å². The van der Waals surface area contributed by atoms with Crippen molar-refractivity contribution in [2.24, 2.45) is 0 Å². The molecule has 0 aliphatic carbocycles. The fraction of sp³-hybridized carbons (Fsp3) is 0.148. The van der Waals surface area contributed by atoms with Gasteiger partial charge in [-0.2, -0.15) is 0 Å². The van der Waals surface area contributed by atoms with E-state index in [-0.39, 0.29) is 5.91 Å². The lowest BCUT2D eigenvalue weighted by Gasteiger charge is -2.11. The van der Waals surface area contributed by atoms with Gasteiger partial charge in [-0.15, -0.1) is 0 Å². The van der Waals surface area contributed by atoms with E-state index in [0.29, 0.717) is 5.75 Å². The van der Waals surface area contributed by atoms with Gasteiger partial charge in [-0.25, -0.2) is 0 Å². The van der Waals surface area contributed by atoms with Crippen molar-refractivity contribution >= 4 is 44.1 Å². The maximum atomic E-state index is 12.7. The van der Waals surface area contributed by atoms with Gasteiger partial charge in [0.05, 0.1) is 13.4 Å². The fourth-order valence-electron chi connectivity index (χ4n) is 3.81. The molecule has 3 aromatic carbocycles. The summed E-state index contributed by atoms with van der Waals surface area (Å²) in [4.78, 5) is 12.7. The smallest absolute Gasteiger partial charge is 0.248 e. The van der Waals surface area contributed by atoms with E-state index in [9.17, 15) is 4.79 Å². The lowest BCUT2D eigenvalue weighted by molar-refractivity contribution is -0.111. The molecule has 162 valence electrons. The van der Waals surface area contributed by atoms with Crippen molar-refractivity contribution in [1.29, 1.82) is 0 Å². The lowest BCUT2D eigenvalue weighted by atomic mass is 9.99. The van der Waals surface area contributed by atoms with E-state index in [1.54, 1.807) is 19.4 Å². The zero-order valence-electron chi connectivity index (χ0n) is 18.5. The highest BCUT2D eigenvalue weighted by Gasteiger charge is 2.15. The molecule has 0 saturated heterocycles. The molecule has 1 heterocycles. The van der Waals surface area contributed by atoms with Crippen LogP contribution in [0.15, 0.2) is 75.8 Å². The molecular weight excluding hydrogens is 466 g/mol. The molecule has 4 rings (SSSR count). The maximum Gasteiger partial charge on any atom is 0.248 e. The molecule has 0 aliphatic rings. The van der Waals surface area contributed by atoms with Gasteiger partial charge in [0.2, 0.25) is 5.91 Å². The van der Waals surface area contributed by atoms with Gasteiger partial charge >= 0.3 is 0 Å². The van der Waals surface area contributed by atoms with Crippen LogP contribution >= 0.6 is 15.9 Å². The third kappa shape index (κ3) is 4.48. The van der Waals surface area contributed by atoms with Crippen LogP contribution < -0.4 is 10.1 Å². The minimum absolute atomic E-state index is 0.184. The summed E-state index contributed by atoms with van der Waals surface area (Å²) < 4.78 is 12.4. The molecule has 4 nitrogen and oxygen atoms in total. The number of ether oxygens (including phenoxy) is 1. The number of fused-ring (bicyclic) bond motifs is 1. The largest absolute Gasteiger partial charge is 0.496 e. The average molecular weight is 490 g/mol. The SMILES string of the molecule is COc1cc2occ(-c3cccc(Br)c3)c2cc1/C(C)=C/C(=O)Nc1ccc(C)cc1C. The molecule has 0 fully saturated rings. The minimum atomic E-state index is -0.184. The second-order valence-electron chi connectivity index (χ2n) is 7.84.